The zero-order valence-corrected chi connectivity index (χ0v) is 30.7. The molecule has 286 valence electrons. The van der Waals surface area contributed by atoms with Crippen molar-refractivity contribution in [3.63, 3.8) is 0 Å². The number of benzene rings is 4. The number of anilines is 1. The van der Waals surface area contributed by atoms with Gasteiger partial charge in [0.2, 0.25) is 5.75 Å². The molecule has 6 N–H and O–H groups in total. The van der Waals surface area contributed by atoms with Crippen LogP contribution in [0.1, 0.15) is 92.8 Å². The second-order valence-corrected chi connectivity index (χ2v) is 13.2. The fourth-order valence-electron chi connectivity index (χ4n) is 6.72. The number of nitrogens with one attached hydrogen (secondary N) is 2. The van der Waals surface area contributed by atoms with Crippen molar-refractivity contribution in [3.8, 4) is 23.0 Å². The highest BCUT2D eigenvalue weighted by Gasteiger charge is 2.28. The number of aliphatic hydroxyl groups is 4. The summed E-state index contributed by atoms with van der Waals surface area (Å²) in [5.74, 6) is 1.91. The van der Waals surface area contributed by atoms with Crippen LogP contribution in [0.25, 0.3) is 0 Å². The van der Waals surface area contributed by atoms with Gasteiger partial charge in [0, 0.05) is 28.8 Å². The summed E-state index contributed by atoms with van der Waals surface area (Å²) >= 11 is 0. The molecule has 6 rings (SSSR count). The van der Waals surface area contributed by atoms with Gasteiger partial charge in [0.25, 0.3) is 5.91 Å². The monoisotopic (exact) mass is 741 g/mol. The third kappa shape index (κ3) is 8.39. The number of methoxy groups -OCH3 is 2. The van der Waals surface area contributed by atoms with E-state index in [4.69, 9.17) is 23.8 Å². The van der Waals surface area contributed by atoms with E-state index in [9.17, 15) is 25.2 Å². The Labute approximate surface area is 314 Å². The Hall–Kier alpha value is -5.34. The Morgan fingerprint density at radius 1 is 0.741 bits per heavy atom. The van der Waals surface area contributed by atoms with Gasteiger partial charge in [0.15, 0.2) is 17.6 Å². The molecule has 4 aromatic carbocycles. The van der Waals surface area contributed by atoms with Crippen LogP contribution in [-0.4, -0.2) is 59.5 Å². The lowest BCUT2D eigenvalue weighted by Gasteiger charge is -2.29. The van der Waals surface area contributed by atoms with Gasteiger partial charge in [-0.3, -0.25) is 4.79 Å². The molecule has 2 atom stereocenters. The molecule has 13 nitrogen and oxygen atoms in total. The molecule has 0 aliphatic carbocycles. The maximum absolute atomic E-state index is 12.7. The van der Waals surface area contributed by atoms with E-state index in [0.717, 1.165) is 41.6 Å². The van der Waals surface area contributed by atoms with Gasteiger partial charge in [0.05, 0.1) is 65.1 Å². The van der Waals surface area contributed by atoms with E-state index in [-0.39, 0.29) is 32.3 Å². The van der Waals surface area contributed by atoms with Gasteiger partial charge in [-0.2, -0.15) is 0 Å². The number of nitrogens with zero attached hydrogens (tertiary/aromatic N) is 1. The minimum Gasteiger partial charge on any atom is -0.493 e. The SMILES string of the molecule is COc1cc(C2CC(c3cc(CO)c(CO)c(CO)c3)=NO2)cc(OC)c1OCCCCCOc1ccc(C2NC(=O)c3cc(C)ccc3N2)cc1CO. The van der Waals surface area contributed by atoms with Crippen LogP contribution in [0.3, 0.4) is 0 Å². The number of aryl methyl sites for hydroxylation is 1. The number of hydrogen-bond donors (Lipinski definition) is 6. The number of carbonyl (C=O) groups excluding carboxylic acids is 1. The van der Waals surface area contributed by atoms with E-state index < -0.39 is 12.3 Å². The smallest absolute Gasteiger partial charge is 0.255 e. The highest BCUT2D eigenvalue weighted by atomic mass is 16.6. The minimum absolute atomic E-state index is 0.148. The van der Waals surface area contributed by atoms with Crippen molar-refractivity contribution in [2.75, 3.05) is 32.8 Å². The first-order valence-electron chi connectivity index (χ1n) is 17.9. The fourth-order valence-corrected chi connectivity index (χ4v) is 6.72. The molecule has 0 saturated carbocycles. The molecule has 0 spiro atoms. The zero-order chi connectivity index (χ0) is 38.2. The van der Waals surface area contributed by atoms with Crippen molar-refractivity contribution in [3.05, 3.63) is 111 Å². The molecule has 54 heavy (non-hydrogen) atoms. The number of rotatable bonds is 17. The summed E-state index contributed by atoms with van der Waals surface area (Å²) in [5.41, 5.74) is 7.51. The first-order valence-corrected chi connectivity index (χ1v) is 17.9. The molecule has 13 heteroatoms. The number of oxime groups is 1. The van der Waals surface area contributed by atoms with Crippen LogP contribution in [0, 0.1) is 6.92 Å². The lowest BCUT2D eigenvalue weighted by molar-refractivity contribution is 0.0852. The van der Waals surface area contributed by atoms with E-state index in [2.05, 4.69) is 15.8 Å². The van der Waals surface area contributed by atoms with E-state index in [1.54, 1.807) is 26.4 Å². The quantitative estimate of drug-likeness (QED) is 0.0771. The van der Waals surface area contributed by atoms with Crippen molar-refractivity contribution < 1.29 is 49.0 Å². The summed E-state index contributed by atoms with van der Waals surface area (Å²) in [5, 5.41) is 50.1. The van der Waals surface area contributed by atoms with E-state index in [1.807, 2.05) is 55.5 Å². The normalized spacial score (nSPS) is 16.1. The maximum Gasteiger partial charge on any atom is 0.255 e. The molecule has 0 radical (unpaired) electrons. The van der Waals surface area contributed by atoms with Crippen LogP contribution in [-0.2, 0) is 31.3 Å². The van der Waals surface area contributed by atoms with Crippen LogP contribution >= 0.6 is 0 Å². The lowest BCUT2D eigenvalue weighted by atomic mass is 9.93. The molecule has 4 aromatic rings. The van der Waals surface area contributed by atoms with Crippen LogP contribution in [0.4, 0.5) is 5.69 Å². The Kier molecular flexibility index (Phi) is 12.6. The van der Waals surface area contributed by atoms with E-state index >= 15 is 0 Å². The number of carbonyl (C=O) groups is 1. The van der Waals surface area contributed by atoms with Gasteiger partial charge in [-0.05, 0) is 97.0 Å². The number of unbranched alkanes of at least 4 members (excludes halogenated alkanes) is 2. The Balaban J connectivity index is 0.994. The number of aliphatic hydroxyl groups excluding tert-OH is 4. The number of ether oxygens (including phenoxy) is 4. The van der Waals surface area contributed by atoms with Crippen LogP contribution in [0.5, 0.6) is 23.0 Å². The van der Waals surface area contributed by atoms with Gasteiger partial charge in [0.1, 0.15) is 11.9 Å². The molecule has 1 amide bonds. The molecular weight excluding hydrogens is 694 g/mol. The van der Waals surface area contributed by atoms with E-state index in [0.29, 0.717) is 81.7 Å². The molecule has 0 saturated heterocycles. The molecule has 2 aliphatic heterocycles. The zero-order valence-electron chi connectivity index (χ0n) is 30.7. The predicted octanol–water partition coefficient (Wildman–Crippen LogP) is 5.33. The number of amides is 1. The Morgan fingerprint density at radius 2 is 1.43 bits per heavy atom. The van der Waals surface area contributed by atoms with Gasteiger partial charge in [-0.25, -0.2) is 0 Å². The molecule has 0 fully saturated rings. The van der Waals surface area contributed by atoms with Crippen molar-refractivity contribution >= 4 is 17.3 Å². The largest absolute Gasteiger partial charge is 0.493 e. The summed E-state index contributed by atoms with van der Waals surface area (Å²) in [6.45, 7) is 1.77. The summed E-state index contributed by atoms with van der Waals surface area (Å²) in [4.78, 5) is 18.5. The van der Waals surface area contributed by atoms with Crippen LogP contribution in [0.2, 0.25) is 0 Å². The predicted molar refractivity (Wildman–Crippen MR) is 201 cm³/mol. The maximum atomic E-state index is 12.7. The van der Waals surface area contributed by atoms with Gasteiger partial charge in [-0.1, -0.05) is 22.9 Å². The van der Waals surface area contributed by atoms with Crippen molar-refractivity contribution in [2.24, 2.45) is 5.16 Å². The van der Waals surface area contributed by atoms with Gasteiger partial charge in [-0.15, -0.1) is 0 Å². The topological polar surface area (TPSA) is 181 Å². The molecule has 2 aliphatic rings. The second-order valence-electron chi connectivity index (χ2n) is 13.2. The molecule has 0 bridgehead atoms. The van der Waals surface area contributed by atoms with Crippen molar-refractivity contribution in [1.82, 2.24) is 5.32 Å². The minimum atomic E-state index is -0.432. The molecule has 2 unspecified atom stereocenters. The summed E-state index contributed by atoms with van der Waals surface area (Å²) in [6, 6.07) is 18.4. The standard InChI is InChI=1S/C41H47N3O10/c1-24-7-9-33-31(13-24)41(49)43-40(42-33)25-8-10-35(30(14-25)22-47)52-11-5-4-6-12-53-39-37(50-2)17-27(18-38(39)51-3)36-19-34(44-54-36)26-15-28(20-45)32(23-48)29(16-26)21-46/h7-10,13-18,36,40,42,45-48H,4-6,11-12,19-23H2,1-3H3,(H,43,49). The second kappa shape index (κ2) is 17.7. The molecular formula is C41H47N3O10. The summed E-state index contributed by atoms with van der Waals surface area (Å²) in [6.07, 6.45) is 1.92. The Bertz CT molecular complexity index is 1950. The first-order chi connectivity index (χ1) is 26.3. The van der Waals surface area contributed by atoms with Crippen LogP contribution < -0.4 is 29.6 Å². The average Bonchev–Trinajstić information content (AvgIpc) is 3.70. The number of hydrogen-bond acceptors (Lipinski definition) is 12. The molecule has 0 aromatic heterocycles. The summed E-state index contributed by atoms with van der Waals surface area (Å²) in [7, 11) is 3.12. The van der Waals surface area contributed by atoms with Gasteiger partial charge < -0.3 is 54.8 Å². The highest BCUT2D eigenvalue weighted by Crippen LogP contribution is 2.43. The summed E-state index contributed by atoms with van der Waals surface area (Å²) < 4.78 is 23.5. The highest BCUT2D eigenvalue weighted by molar-refractivity contribution is 6.02. The third-order valence-electron chi connectivity index (χ3n) is 9.67. The van der Waals surface area contributed by atoms with Crippen molar-refractivity contribution in [2.45, 2.75) is 71.3 Å². The molecule has 2 heterocycles. The third-order valence-corrected chi connectivity index (χ3v) is 9.67. The van der Waals surface area contributed by atoms with Crippen molar-refractivity contribution in [1.29, 1.82) is 0 Å². The van der Waals surface area contributed by atoms with Crippen LogP contribution in [0.15, 0.2) is 65.8 Å². The lowest BCUT2D eigenvalue weighted by Crippen LogP contribution is -2.38. The fraction of sp³-hybridized carbons (Fsp3) is 0.366. The first kappa shape index (κ1) is 38.4. The number of fused-ring (bicyclic) bond motifs is 1. The van der Waals surface area contributed by atoms with E-state index in [1.165, 1.54) is 0 Å². The average molecular weight is 742 g/mol. The Morgan fingerprint density at radius 3 is 2.07 bits per heavy atom. The van der Waals surface area contributed by atoms with Gasteiger partial charge >= 0.3 is 0 Å².